The highest BCUT2D eigenvalue weighted by molar-refractivity contribution is 5.35. The van der Waals surface area contributed by atoms with Crippen LogP contribution < -0.4 is 10.6 Å². The van der Waals surface area contributed by atoms with Gasteiger partial charge in [-0.15, -0.1) is 0 Å². The van der Waals surface area contributed by atoms with E-state index in [4.69, 9.17) is 15.5 Å². The van der Waals surface area contributed by atoms with Crippen LogP contribution >= 0.6 is 0 Å². The van der Waals surface area contributed by atoms with Crippen molar-refractivity contribution in [1.29, 1.82) is 0 Å². The van der Waals surface area contributed by atoms with E-state index in [0.29, 0.717) is 0 Å². The van der Waals surface area contributed by atoms with Gasteiger partial charge in [-0.3, -0.25) is 4.84 Å². The molecule has 0 aliphatic carbocycles. The summed E-state index contributed by atoms with van der Waals surface area (Å²) in [5, 5.41) is 0. The summed E-state index contributed by atoms with van der Waals surface area (Å²) in [5.74, 6) is 5.98. The lowest BCUT2D eigenvalue weighted by Crippen LogP contribution is -2.11. The van der Waals surface area contributed by atoms with Crippen LogP contribution in [-0.4, -0.2) is 6.10 Å². The van der Waals surface area contributed by atoms with E-state index in [1.165, 1.54) is 0 Å². The molecule has 0 saturated heterocycles. The first kappa shape index (κ1) is 11.0. The van der Waals surface area contributed by atoms with E-state index in [2.05, 4.69) is 0 Å². The fourth-order valence-corrected chi connectivity index (χ4v) is 1.25. The van der Waals surface area contributed by atoms with Crippen molar-refractivity contribution in [2.45, 2.75) is 33.0 Å². The highest BCUT2D eigenvalue weighted by atomic mass is 16.6. The van der Waals surface area contributed by atoms with Crippen LogP contribution in [0.3, 0.4) is 0 Å². The van der Waals surface area contributed by atoms with Crippen molar-refractivity contribution in [2.24, 2.45) is 5.90 Å². The molecular weight excluding hydrogens is 178 g/mol. The third-order valence-corrected chi connectivity index (χ3v) is 1.92. The topological polar surface area (TPSA) is 44.5 Å². The molecular formula is C11H17NO2. The minimum absolute atomic E-state index is 0.148. The Hall–Kier alpha value is -1.06. The van der Waals surface area contributed by atoms with Crippen LogP contribution in [0.1, 0.15) is 32.4 Å². The highest BCUT2D eigenvalue weighted by Crippen LogP contribution is 2.26. The molecule has 0 fully saturated rings. The molecule has 0 radical (unpaired) electrons. The minimum Gasteiger partial charge on any atom is -0.491 e. The summed E-state index contributed by atoms with van der Waals surface area (Å²) in [7, 11) is 0. The summed E-state index contributed by atoms with van der Waals surface area (Å²) in [4.78, 5) is 4.78. The van der Waals surface area contributed by atoms with E-state index in [1.807, 2.05) is 45.0 Å². The fraction of sp³-hybridized carbons (Fsp3) is 0.455. The molecule has 2 N–H and O–H groups in total. The van der Waals surface area contributed by atoms with E-state index in [1.54, 1.807) is 0 Å². The summed E-state index contributed by atoms with van der Waals surface area (Å²) in [6.07, 6.45) is 0.00562. The molecule has 0 amide bonds. The molecule has 0 aliphatic rings. The molecule has 0 aromatic heterocycles. The van der Waals surface area contributed by atoms with Gasteiger partial charge < -0.3 is 4.74 Å². The van der Waals surface area contributed by atoms with Crippen molar-refractivity contribution >= 4 is 0 Å². The monoisotopic (exact) mass is 195 g/mol. The van der Waals surface area contributed by atoms with Gasteiger partial charge in [-0.2, -0.15) is 0 Å². The molecule has 0 aliphatic heterocycles. The first-order chi connectivity index (χ1) is 6.65. The molecule has 3 heteroatoms. The Bertz CT molecular complexity index is 286. The molecule has 0 saturated carbocycles. The molecule has 1 atom stereocenters. The van der Waals surface area contributed by atoms with E-state index >= 15 is 0 Å². The van der Waals surface area contributed by atoms with E-state index < -0.39 is 0 Å². The predicted molar refractivity (Wildman–Crippen MR) is 55.9 cm³/mol. The van der Waals surface area contributed by atoms with Crippen LogP contribution in [0.5, 0.6) is 5.75 Å². The van der Waals surface area contributed by atoms with Gasteiger partial charge in [-0.25, -0.2) is 5.90 Å². The van der Waals surface area contributed by atoms with Crippen molar-refractivity contribution in [2.75, 3.05) is 0 Å². The maximum atomic E-state index is 5.63. The van der Waals surface area contributed by atoms with Crippen molar-refractivity contribution < 1.29 is 9.57 Å². The lowest BCUT2D eigenvalue weighted by Gasteiger charge is -2.17. The molecule has 0 spiro atoms. The SMILES string of the molecule is CC(C)Oc1ccccc1C(C)ON. The fourth-order valence-electron chi connectivity index (χ4n) is 1.25. The number of hydrogen-bond donors (Lipinski definition) is 1. The Kier molecular flexibility index (Phi) is 3.92. The Morgan fingerprint density at radius 1 is 1.14 bits per heavy atom. The van der Waals surface area contributed by atoms with Crippen LogP contribution in [0.25, 0.3) is 0 Å². The average Bonchev–Trinajstić information content (AvgIpc) is 2.16. The third kappa shape index (κ3) is 2.72. The number of hydrogen-bond acceptors (Lipinski definition) is 3. The third-order valence-electron chi connectivity index (χ3n) is 1.92. The quantitative estimate of drug-likeness (QED) is 0.750. The normalized spacial score (nSPS) is 12.9. The van der Waals surface area contributed by atoms with Gasteiger partial charge in [0.1, 0.15) is 11.9 Å². The van der Waals surface area contributed by atoms with Gasteiger partial charge in [0.05, 0.1) is 6.10 Å². The Labute approximate surface area is 84.8 Å². The molecule has 1 rings (SSSR count). The van der Waals surface area contributed by atoms with Crippen molar-refractivity contribution in [1.82, 2.24) is 0 Å². The van der Waals surface area contributed by atoms with E-state index in [-0.39, 0.29) is 12.2 Å². The largest absolute Gasteiger partial charge is 0.491 e. The number of ether oxygens (including phenoxy) is 1. The number of para-hydroxylation sites is 1. The minimum atomic E-state index is -0.148. The summed E-state index contributed by atoms with van der Waals surface area (Å²) < 4.78 is 5.63. The first-order valence-corrected chi connectivity index (χ1v) is 4.76. The average molecular weight is 195 g/mol. The molecule has 3 nitrogen and oxygen atoms in total. The molecule has 1 aromatic carbocycles. The second-order valence-corrected chi connectivity index (χ2v) is 3.48. The zero-order chi connectivity index (χ0) is 10.6. The zero-order valence-corrected chi connectivity index (χ0v) is 8.86. The van der Waals surface area contributed by atoms with Gasteiger partial charge in [-0.05, 0) is 26.8 Å². The number of rotatable bonds is 4. The van der Waals surface area contributed by atoms with Gasteiger partial charge in [0.2, 0.25) is 0 Å². The molecule has 1 aromatic rings. The van der Waals surface area contributed by atoms with Gasteiger partial charge in [0, 0.05) is 5.56 Å². The summed E-state index contributed by atoms with van der Waals surface area (Å²) in [6, 6.07) is 7.75. The van der Waals surface area contributed by atoms with Crippen LogP contribution in [0, 0.1) is 0 Å². The van der Waals surface area contributed by atoms with E-state index in [0.717, 1.165) is 11.3 Å². The van der Waals surface area contributed by atoms with Crippen molar-refractivity contribution in [3.63, 3.8) is 0 Å². The lowest BCUT2D eigenvalue weighted by atomic mass is 10.1. The van der Waals surface area contributed by atoms with Gasteiger partial charge in [0.25, 0.3) is 0 Å². The smallest absolute Gasteiger partial charge is 0.125 e. The Morgan fingerprint density at radius 2 is 1.79 bits per heavy atom. The summed E-state index contributed by atoms with van der Waals surface area (Å²) in [5.41, 5.74) is 0.976. The van der Waals surface area contributed by atoms with Crippen LogP contribution in [0.4, 0.5) is 0 Å². The maximum absolute atomic E-state index is 5.63. The lowest BCUT2D eigenvalue weighted by molar-refractivity contribution is 0.0631. The molecule has 14 heavy (non-hydrogen) atoms. The van der Waals surface area contributed by atoms with Gasteiger partial charge >= 0.3 is 0 Å². The predicted octanol–water partition coefficient (Wildman–Crippen LogP) is 2.43. The van der Waals surface area contributed by atoms with Gasteiger partial charge in [-0.1, -0.05) is 18.2 Å². The molecule has 78 valence electrons. The van der Waals surface area contributed by atoms with Crippen LogP contribution in [0.2, 0.25) is 0 Å². The molecule has 1 unspecified atom stereocenters. The standard InChI is InChI=1S/C11H17NO2/c1-8(2)13-11-7-5-4-6-10(11)9(3)14-12/h4-9H,12H2,1-3H3. The number of benzene rings is 1. The summed E-state index contributed by atoms with van der Waals surface area (Å²) in [6.45, 7) is 5.87. The van der Waals surface area contributed by atoms with Crippen molar-refractivity contribution in [3.8, 4) is 5.75 Å². The van der Waals surface area contributed by atoms with Gasteiger partial charge in [0.15, 0.2) is 0 Å². The second kappa shape index (κ2) is 4.98. The molecule has 0 heterocycles. The summed E-state index contributed by atoms with van der Waals surface area (Å²) >= 11 is 0. The van der Waals surface area contributed by atoms with Crippen LogP contribution in [-0.2, 0) is 4.84 Å². The highest BCUT2D eigenvalue weighted by Gasteiger charge is 2.11. The van der Waals surface area contributed by atoms with Crippen LogP contribution in [0.15, 0.2) is 24.3 Å². The van der Waals surface area contributed by atoms with E-state index in [9.17, 15) is 0 Å². The zero-order valence-electron chi connectivity index (χ0n) is 8.86. The first-order valence-electron chi connectivity index (χ1n) is 4.76. The Balaban J connectivity index is 2.91. The molecule has 0 bridgehead atoms. The number of nitrogens with two attached hydrogens (primary N) is 1. The maximum Gasteiger partial charge on any atom is 0.125 e. The Morgan fingerprint density at radius 3 is 2.36 bits per heavy atom. The van der Waals surface area contributed by atoms with Crippen molar-refractivity contribution in [3.05, 3.63) is 29.8 Å². The second-order valence-electron chi connectivity index (χ2n) is 3.48.